The summed E-state index contributed by atoms with van der Waals surface area (Å²) < 4.78 is 2.18. The van der Waals surface area contributed by atoms with Gasteiger partial charge in [0, 0.05) is 23.2 Å². The van der Waals surface area contributed by atoms with Crippen molar-refractivity contribution in [3.8, 4) is 0 Å². The highest BCUT2D eigenvalue weighted by molar-refractivity contribution is 7.15. The minimum Gasteiger partial charge on any atom is -0.394 e. The van der Waals surface area contributed by atoms with Crippen LogP contribution in [0.25, 0.3) is 4.96 Å². The molecule has 2 aromatic rings. The number of hydrogen-bond donors (Lipinski definition) is 2. The maximum Gasteiger partial charge on any atom is 0.194 e. The van der Waals surface area contributed by atoms with Crippen LogP contribution in [0, 0.1) is 13.8 Å². The van der Waals surface area contributed by atoms with E-state index in [1.54, 1.807) is 11.3 Å². The topological polar surface area (TPSA) is 49.6 Å². The number of aromatic nitrogens is 2. The van der Waals surface area contributed by atoms with Gasteiger partial charge in [0.2, 0.25) is 0 Å². The molecule has 0 bridgehead atoms. The Hall–Kier alpha value is -0.910. The summed E-state index contributed by atoms with van der Waals surface area (Å²) in [6, 6.07) is 0. The van der Waals surface area contributed by atoms with Crippen molar-refractivity contribution in [1.82, 2.24) is 14.7 Å². The van der Waals surface area contributed by atoms with E-state index in [4.69, 9.17) is 0 Å². The van der Waals surface area contributed by atoms with Crippen molar-refractivity contribution in [3.63, 3.8) is 0 Å². The molecule has 0 spiro atoms. The van der Waals surface area contributed by atoms with Crippen LogP contribution in [-0.4, -0.2) is 26.6 Å². The van der Waals surface area contributed by atoms with Crippen LogP contribution >= 0.6 is 11.3 Å². The number of aliphatic hydroxyl groups is 1. The van der Waals surface area contributed by atoms with Crippen molar-refractivity contribution in [3.05, 3.63) is 22.5 Å². The van der Waals surface area contributed by atoms with Gasteiger partial charge in [-0.3, -0.25) is 4.40 Å². The molecule has 17 heavy (non-hydrogen) atoms. The lowest BCUT2D eigenvalue weighted by atomic mass is 10.1. The quantitative estimate of drug-likeness (QED) is 0.874. The normalized spacial score (nSPS) is 12.5. The number of nitrogens with zero attached hydrogens (tertiary/aromatic N) is 2. The van der Waals surface area contributed by atoms with Gasteiger partial charge in [-0.2, -0.15) is 0 Å². The number of imidazole rings is 1. The largest absolute Gasteiger partial charge is 0.394 e. The zero-order chi connectivity index (χ0) is 12.6. The fraction of sp³-hybridized carbons (Fsp3) is 0.583. The van der Waals surface area contributed by atoms with Gasteiger partial charge in [-0.05, 0) is 27.7 Å². The van der Waals surface area contributed by atoms with Crippen molar-refractivity contribution in [2.24, 2.45) is 0 Å². The SMILES string of the molecule is Cc1nc2scc(C)n2c1CNC(C)(C)CO. The van der Waals surface area contributed by atoms with E-state index in [1.807, 2.05) is 20.8 Å². The zero-order valence-electron chi connectivity index (χ0n) is 10.7. The fourth-order valence-electron chi connectivity index (χ4n) is 1.75. The van der Waals surface area contributed by atoms with Gasteiger partial charge in [0.1, 0.15) is 0 Å². The summed E-state index contributed by atoms with van der Waals surface area (Å²) in [5.74, 6) is 0. The second-order valence-electron chi connectivity index (χ2n) is 5.03. The molecule has 0 saturated heterocycles. The van der Waals surface area contributed by atoms with Gasteiger partial charge >= 0.3 is 0 Å². The van der Waals surface area contributed by atoms with E-state index < -0.39 is 0 Å². The molecule has 2 N–H and O–H groups in total. The second-order valence-corrected chi connectivity index (χ2v) is 5.87. The third-order valence-electron chi connectivity index (χ3n) is 2.96. The molecule has 2 rings (SSSR count). The highest BCUT2D eigenvalue weighted by atomic mass is 32.1. The van der Waals surface area contributed by atoms with Crippen LogP contribution < -0.4 is 5.32 Å². The van der Waals surface area contributed by atoms with Crippen LogP contribution in [0.15, 0.2) is 5.38 Å². The van der Waals surface area contributed by atoms with Gasteiger partial charge in [-0.25, -0.2) is 4.98 Å². The van der Waals surface area contributed by atoms with E-state index in [9.17, 15) is 5.11 Å². The first-order chi connectivity index (χ1) is 7.94. The molecule has 94 valence electrons. The van der Waals surface area contributed by atoms with E-state index in [1.165, 1.54) is 11.4 Å². The lowest BCUT2D eigenvalue weighted by molar-refractivity contribution is 0.187. The highest BCUT2D eigenvalue weighted by Gasteiger charge is 2.18. The summed E-state index contributed by atoms with van der Waals surface area (Å²) in [7, 11) is 0. The molecule has 0 radical (unpaired) electrons. The summed E-state index contributed by atoms with van der Waals surface area (Å²) >= 11 is 1.66. The molecule has 0 aliphatic heterocycles. The van der Waals surface area contributed by atoms with Crippen molar-refractivity contribution in [1.29, 1.82) is 0 Å². The molecule has 0 unspecified atom stereocenters. The van der Waals surface area contributed by atoms with Gasteiger partial charge in [-0.1, -0.05) is 0 Å². The van der Waals surface area contributed by atoms with Gasteiger partial charge in [0.15, 0.2) is 4.96 Å². The number of fused-ring (bicyclic) bond motifs is 1. The predicted molar refractivity (Wildman–Crippen MR) is 70.5 cm³/mol. The van der Waals surface area contributed by atoms with Gasteiger partial charge in [-0.15, -0.1) is 11.3 Å². The van der Waals surface area contributed by atoms with Crippen molar-refractivity contribution in [2.75, 3.05) is 6.61 Å². The summed E-state index contributed by atoms with van der Waals surface area (Å²) in [5.41, 5.74) is 3.19. The van der Waals surface area contributed by atoms with Gasteiger partial charge in [0.05, 0.1) is 18.0 Å². The Bertz CT molecular complexity index is 527. The molecule has 5 heteroatoms. The molecule has 0 aliphatic rings. The maximum atomic E-state index is 9.24. The molecule has 4 nitrogen and oxygen atoms in total. The van der Waals surface area contributed by atoms with Crippen LogP contribution in [0.2, 0.25) is 0 Å². The van der Waals surface area contributed by atoms with Crippen molar-refractivity contribution in [2.45, 2.75) is 39.8 Å². The molecule has 0 fully saturated rings. The number of thiazole rings is 1. The van der Waals surface area contributed by atoms with E-state index >= 15 is 0 Å². The van der Waals surface area contributed by atoms with Gasteiger partial charge < -0.3 is 10.4 Å². The first-order valence-electron chi connectivity index (χ1n) is 5.72. The molecular formula is C12H19N3OS. The zero-order valence-corrected chi connectivity index (χ0v) is 11.6. The van der Waals surface area contributed by atoms with Crippen molar-refractivity contribution < 1.29 is 5.11 Å². The Balaban J connectivity index is 2.29. The Kier molecular flexibility index (Phi) is 3.25. The maximum absolute atomic E-state index is 9.24. The highest BCUT2D eigenvalue weighted by Crippen LogP contribution is 2.20. The number of aliphatic hydroxyl groups excluding tert-OH is 1. The third-order valence-corrected chi connectivity index (χ3v) is 3.90. The summed E-state index contributed by atoms with van der Waals surface area (Å²) in [6.45, 7) is 8.93. The van der Waals surface area contributed by atoms with Gasteiger partial charge in [0.25, 0.3) is 0 Å². The molecule has 0 aromatic carbocycles. The van der Waals surface area contributed by atoms with E-state index in [2.05, 4.69) is 27.0 Å². The minimum absolute atomic E-state index is 0.122. The Morgan fingerprint density at radius 3 is 2.82 bits per heavy atom. The minimum atomic E-state index is -0.263. The first-order valence-corrected chi connectivity index (χ1v) is 6.60. The average molecular weight is 253 g/mol. The molecule has 0 atom stereocenters. The van der Waals surface area contributed by atoms with E-state index in [-0.39, 0.29) is 12.1 Å². The Morgan fingerprint density at radius 1 is 1.47 bits per heavy atom. The van der Waals surface area contributed by atoms with Crippen LogP contribution in [0.3, 0.4) is 0 Å². The number of rotatable bonds is 4. The smallest absolute Gasteiger partial charge is 0.194 e. The summed E-state index contributed by atoms with van der Waals surface area (Å²) in [4.78, 5) is 5.58. The fourth-order valence-corrected chi connectivity index (χ4v) is 2.69. The number of hydrogen-bond acceptors (Lipinski definition) is 4. The third kappa shape index (κ3) is 2.36. The van der Waals surface area contributed by atoms with Crippen LogP contribution in [0.1, 0.15) is 30.9 Å². The monoisotopic (exact) mass is 253 g/mol. The Labute approximate surface area is 105 Å². The second kappa shape index (κ2) is 4.40. The van der Waals surface area contributed by atoms with Crippen LogP contribution in [0.4, 0.5) is 0 Å². The number of nitrogens with one attached hydrogen (secondary N) is 1. The summed E-state index contributed by atoms with van der Waals surface area (Å²) in [5, 5.41) is 14.7. The lowest BCUT2D eigenvalue weighted by Gasteiger charge is -2.23. The molecule has 0 saturated carbocycles. The van der Waals surface area contributed by atoms with Crippen molar-refractivity contribution >= 4 is 16.3 Å². The average Bonchev–Trinajstić information content (AvgIpc) is 2.77. The lowest BCUT2D eigenvalue weighted by Crippen LogP contribution is -2.42. The molecule has 0 aliphatic carbocycles. The molecule has 2 heterocycles. The molecule has 2 aromatic heterocycles. The predicted octanol–water partition coefficient (Wildman–Crippen LogP) is 1.87. The first kappa shape index (κ1) is 12.5. The molecule has 0 amide bonds. The van der Waals surface area contributed by atoms with Crippen LogP contribution in [-0.2, 0) is 6.54 Å². The summed E-state index contributed by atoms with van der Waals surface area (Å²) in [6.07, 6.45) is 0. The molecular weight excluding hydrogens is 234 g/mol. The van der Waals surface area contributed by atoms with Crippen LogP contribution in [0.5, 0.6) is 0 Å². The Morgan fingerprint density at radius 2 is 2.18 bits per heavy atom. The standard InChI is InChI=1S/C12H19N3OS/c1-8-6-17-11-14-9(2)10(15(8)11)5-13-12(3,4)7-16/h6,13,16H,5,7H2,1-4H3. The number of aryl methyl sites for hydroxylation is 2. The van der Waals surface area contributed by atoms with E-state index in [0.717, 1.165) is 17.2 Å². The van der Waals surface area contributed by atoms with E-state index in [0.29, 0.717) is 0 Å².